The Kier molecular flexibility index (Phi) is 5.17. The molecule has 0 saturated heterocycles. The minimum atomic E-state index is -3.05. The van der Waals surface area contributed by atoms with Crippen LogP contribution in [0.2, 0.25) is 0 Å². The number of methoxy groups -OCH3 is 1. The lowest BCUT2D eigenvalue weighted by Gasteiger charge is -2.10. The zero-order valence-corrected chi connectivity index (χ0v) is 11.8. The quantitative estimate of drug-likeness (QED) is 0.570. The molecule has 0 fully saturated rings. The first kappa shape index (κ1) is 15.3. The van der Waals surface area contributed by atoms with E-state index >= 15 is 0 Å². The van der Waals surface area contributed by atoms with Crippen molar-refractivity contribution in [3.05, 3.63) is 23.8 Å². The second kappa shape index (κ2) is 6.42. The van der Waals surface area contributed by atoms with Crippen LogP contribution in [0, 0.1) is 5.41 Å². The highest BCUT2D eigenvalue weighted by Crippen LogP contribution is 2.22. The molecule has 1 aromatic carbocycles. The van der Waals surface area contributed by atoms with Crippen LogP contribution in [0.3, 0.4) is 0 Å². The normalized spacial score (nSPS) is 11.1. The molecule has 0 amide bonds. The highest BCUT2D eigenvalue weighted by molar-refractivity contribution is 7.91. The van der Waals surface area contributed by atoms with Crippen molar-refractivity contribution in [2.75, 3.05) is 25.2 Å². The highest BCUT2D eigenvalue weighted by atomic mass is 32.2. The Morgan fingerprint density at radius 2 is 1.95 bits per heavy atom. The maximum Gasteiger partial charge on any atom is 0.153 e. The molecular formula is C12H18N2O4S. The average Bonchev–Trinajstić information content (AvgIpc) is 2.38. The highest BCUT2D eigenvalue weighted by Gasteiger charge is 2.09. The topological polar surface area (TPSA) is 102 Å². The van der Waals surface area contributed by atoms with Crippen molar-refractivity contribution >= 4 is 15.7 Å². The molecule has 0 bridgehead atoms. The number of ether oxygens (including phenoxy) is 2. The molecule has 7 heteroatoms. The molecule has 106 valence electrons. The van der Waals surface area contributed by atoms with Crippen LogP contribution >= 0.6 is 0 Å². The number of hydrogen-bond donors (Lipinski definition) is 2. The Hall–Kier alpha value is -1.76. The SMILES string of the molecule is CCS(=O)(=O)CCOc1cc(OC)cc(C(=N)N)c1. The summed E-state index contributed by atoms with van der Waals surface area (Å²) in [7, 11) is -1.56. The van der Waals surface area contributed by atoms with Gasteiger partial charge in [0.25, 0.3) is 0 Å². The largest absolute Gasteiger partial charge is 0.497 e. The molecule has 0 aliphatic heterocycles. The molecule has 19 heavy (non-hydrogen) atoms. The van der Waals surface area contributed by atoms with Gasteiger partial charge in [-0.05, 0) is 12.1 Å². The van der Waals surface area contributed by atoms with Gasteiger partial charge in [-0.3, -0.25) is 5.41 Å². The molecule has 0 saturated carbocycles. The fraction of sp³-hybridized carbons (Fsp3) is 0.417. The molecule has 0 unspecified atom stereocenters. The number of nitrogens with two attached hydrogens (primary N) is 1. The van der Waals surface area contributed by atoms with E-state index in [0.717, 1.165) is 0 Å². The Morgan fingerprint density at radius 3 is 2.47 bits per heavy atom. The minimum absolute atomic E-state index is 0.0455. The van der Waals surface area contributed by atoms with Gasteiger partial charge in [0, 0.05) is 17.4 Å². The maximum atomic E-state index is 11.3. The summed E-state index contributed by atoms with van der Waals surface area (Å²) in [6.07, 6.45) is 0. The van der Waals surface area contributed by atoms with Gasteiger partial charge in [-0.15, -0.1) is 0 Å². The van der Waals surface area contributed by atoms with Crippen LogP contribution in [0.5, 0.6) is 11.5 Å². The number of nitrogens with one attached hydrogen (secondary N) is 1. The molecule has 0 spiro atoms. The molecule has 3 N–H and O–H groups in total. The molecular weight excluding hydrogens is 268 g/mol. The zero-order chi connectivity index (χ0) is 14.5. The van der Waals surface area contributed by atoms with Crippen molar-refractivity contribution in [2.45, 2.75) is 6.92 Å². The van der Waals surface area contributed by atoms with Gasteiger partial charge in [0.15, 0.2) is 9.84 Å². The molecule has 6 nitrogen and oxygen atoms in total. The van der Waals surface area contributed by atoms with Gasteiger partial charge >= 0.3 is 0 Å². The minimum Gasteiger partial charge on any atom is -0.497 e. The van der Waals surface area contributed by atoms with E-state index in [0.29, 0.717) is 17.1 Å². The molecule has 1 rings (SSSR count). The lowest BCUT2D eigenvalue weighted by molar-refractivity contribution is 0.337. The van der Waals surface area contributed by atoms with Crippen LogP contribution in [-0.4, -0.2) is 39.5 Å². The van der Waals surface area contributed by atoms with Gasteiger partial charge in [0.05, 0.1) is 12.9 Å². The smallest absolute Gasteiger partial charge is 0.153 e. The summed E-state index contributed by atoms with van der Waals surface area (Å²) in [6.45, 7) is 1.65. The van der Waals surface area contributed by atoms with Crippen LogP contribution in [0.15, 0.2) is 18.2 Å². The second-order valence-electron chi connectivity index (χ2n) is 3.90. The van der Waals surface area contributed by atoms with Crippen molar-refractivity contribution < 1.29 is 17.9 Å². The third-order valence-corrected chi connectivity index (χ3v) is 4.20. The summed E-state index contributed by atoms with van der Waals surface area (Å²) in [6, 6.07) is 4.80. The van der Waals surface area contributed by atoms with E-state index in [1.54, 1.807) is 25.1 Å². The van der Waals surface area contributed by atoms with E-state index in [-0.39, 0.29) is 23.9 Å². The molecule has 0 radical (unpaired) electrons. The monoisotopic (exact) mass is 286 g/mol. The molecule has 0 aliphatic carbocycles. The van der Waals surface area contributed by atoms with Gasteiger partial charge in [-0.2, -0.15) is 0 Å². The molecule has 0 aromatic heterocycles. The number of rotatable bonds is 7. The molecule has 0 aliphatic rings. The lowest BCUT2D eigenvalue weighted by atomic mass is 10.2. The van der Waals surface area contributed by atoms with Gasteiger partial charge in [0.2, 0.25) is 0 Å². The van der Waals surface area contributed by atoms with Gasteiger partial charge in [-0.1, -0.05) is 6.92 Å². The Morgan fingerprint density at radius 1 is 1.32 bits per heavy atom. The lowest BCUT2D eigenvalue weighted by Crippen LogP contribution is -2.16. The Balaban J connectivity index is 2.78. The van der Waals surface area contributed by atoms with Crippen LogP contribution in [0.1, 0.15) is 12.5 Å². The van der Waals surface area contributed by atoms with Crippen molar-refractivity contribution in [3.8, 4) is 11.5 Å². The van der Waals surface area contributed by atoms with Crippen LogP contribution < -0.4 is 15.2 Å². The number of amidine groups is 1. The van der Waals surface area contributed by atoms with Crippen molar-refractivity contribution in [2.24, 2.45) is 5.73 Å². The van der Waals surface area contributed by atoms with Crippen molar-refractivity contribution in [1.82, 2.24) is 0 Å². The van der Waals surface area contributed by atoms with E-state index in [1.165, 1.54) is 7.11 Å². The predicted molar refractivity (Wildman–Crippen MR) is 73.8 cm³/mol. The summed E-state index contributed by atoms with van der Waals surface area (Å²) < 4.78 is 33.1. The van der Waals surface area contributed by atoms with E-state index in [9.17, 15) is 8.42 Å². The second-order valence-corrected chi connectivity index (χ2v) is 6.37. The van der Waals surface area contributed by atoms with E-state index in [4.69, 9.17) is 20.6 Å². The third kappa shape index (κ3) is 4.78. The predicted octanol–water partition coefficient (Wildman–Crippen LogP) is 0.793. The first-order chi connectivity index (χ1) is 8.88. The molecule has 1 aromatic rings. The number of hydrogen-bond acceptors (Lipinski definition) is 5. The standard InChI is InChI=1S/C12H18N2O4S/c1-3-19(15,16)5-4-18-11-7-9(12(13)14)6-10(8-11)17-2/h6-8H,3-5H2,1-2H3,(H3,13,14). The van der Waals surface area contributed by atoms with E-state index in [2.05, 4.69) is 0 Å². The summed E-state index contributed by atoms with van der Waals surface area (Å²) in [5.41, 5.74) is 5.87. The number of benzene rings is 1. The van der Waals surface area contributed by atoms with Gasteiger partial charge in [0.1, 0.15) is 23.9 Å². The first-order valence-corrected chi connectivity index (χ1v) is 7.57. The molecule has 0 heterocycles. The van der Waals surface area contributed by atoms with E-state index in [1.807, 2.05) is 0 Å². The Labute approximate surface area is 112 Å². The fourth-order valence-electron chi connectivity index (χ4n) is 1.36. The fourth-order valence-corrected chi connectivity index (χ4v) is 1.99. The summed E-state index contributed by atoms with van der Waals surface area (Å²) in [5.74, 6) is 0.866. The third-order valence-electron chi connectivity index (χ3n) is 2.53. The summed E-state index contributed by atoms with van der Waals surface area (Å²) in [4.78, 5) is 0. The van der Waals surface area contributed by atoms with Crippen LogP contribution in [0.4, 0.5) is 0 Å². The van der Waals surface area contributed by atoms with Crippen LogP contribution in [0.25, 0.3) is 0 Å². The Bertz CT molecular complexity index is 555. The van der Waals surface area contributed by atoms with Gasteiger partial charge in [-0.25, -0.2) is 8.42 Å². The zero-order valence-electron chi connectivity index (χ0n) is 11.0. The van der Waals surface area contributed by atoms with Crippen molar-refractivity contribution in [3.63, 3.8) is 0 Å². The number of nitrogen functional groups attached to an aromatic ring is 1. The molecule has 0 atom stereocenters. The van der Waals surface area contributed by atoms with E-state index < -0.39 is 9.84 Å². The summed E-state index contributed by atoms with van der Waals surface area (Å²) in [5, 5.41) is 7.38. The summed E-state index contributed by atoms with van der Waals surface area (Å²) >= 11 is 0. The average molecular weight is 286 g/mol. The maximum absolute atomic E-state index is 11.3. The number of sulfone groups is 1. The van der Waals surface area contributed by atoms with Crippen molar-refractivity contribution in [1.29, 1.82) is 5.41 Å². The van der Waals surface area contributed by atoms with Crippen LogP contribution in [-0.2, 0) is 9.84 Å². The van der Waals surface area contributed by atoms with Gasteiger partial charge < -0.3 is 15.2 Å². The first-order valence-electron chi connectivity index (χ1n) is 5.74.